The summed E-state index contributed by atoms with van der Waals surface area (Å²) < 4.78 is 2.13. The zero-order valence-electron chi connectivity index (χ0n) is 10.4. The Morgan fingerprint density at radius 2 is 2.28 bits per heavy atom. The minimum Gasteiger partial charge on any atom is -0.335 e. The summed E-state index contributed by atoms with van der Waals surface area (Å²) in [5.41, 5.74) is 7.10. The van der Waals surface area contributed by atoms with Crippen molar-refractivity contribution in [3.05, 3.63) is 47.3 Å². The molecule has 0 aliphatic carbocycles. The van der Waals surface area contributed by atoms with Gasteiger partial charge in [0.1, 0.15) is 5.82 Å². The van der Waals surface area contributed by atoms with Gasteiger partial charge in [0.25, 0.3) is 0 Å². The lowest BCUT2D eigenvalue weighted by atomic mass is 10.1. The molecule has 1 unspecified atom stereocenters. The molecule has 0 radical (unpaired) electrons. The van der Waals surface area contributed by atoms with Crippen molar-refractivity contribution >= 4 is 11.6 Å². The molecule has 18 heavy (non-hydrogen) atoms. The van der Waals surface area contributed by atoms with Crippen LogP contribution in [0.5, 0.6) is 0 Å². The predicted octanol–water partition coefficient (Wildman–Crippen LogP) is 2.58. The van der Waals surface area contributed by atoms with E-state index in [2.05, 4.69) is 21.5 Å². The molecule has 0 amide bonds. The molecule has 2 rings (SSSR count). The first-order chi connectivity index (χ1) is 8.72. The van der Waals surface area contributed by atoms with E-state index in [1.807, 2.05) is 18.5 Å². The first-order valence-corrected chi connectivity index (χ1v) is 6.45. The molecule has 0 aliphatic rings. The van der Waals surface area contributed by atoms with Crippen LogP contribution in [0.15, 0.2) is 30.9 Å². The highest BCUT2D eigenvalue weighted by Gasteiger charge is 2.13. The average Bonchev–Trinajstić information content (AvgIpc) is 2.78. The second-order valence-corrected chi connectivity index (χ2v) is 4.65. The van der Waals surface area contributed by atoms with Gasteiger partial charge in [-0.2, -0.15) is 0 Å². The minimum absolute atomic E-state index is 0.154. The van der Waals surface area contributed by atoms with Crippen LogP contribution in [-0.4, -0.2) is 14.5 Å². The fourth-order valence-corrected chi connectivity index (χ4v) is 2.23. The van der Waals surface area contributed by atoms with Crippen molar-refractivity contribution in [1.82, 2.24) is 14.5 Å². The summed E-state index contributed by atoms with van der Waals surface area (Å²) in [6, 6.07) is 1.71. The SMILES string of the molecule is CCCn1ccnc1CC(N)c1ccncc1Cl. The van der Waals surface area contributed by atoms with Crippen molar-refractivity contribution in [3.63, 3.8) is 0 Å². The van der Waals surface area contributed by atoms with Crippen LogP contribution >= 0.6 is 11.6 Å². The number of pyridine rings is 1. The first kappa shape index (κ1) is 13.1. The highest BCUT2D eigenvalue weighted by Crippen LogP contribution is 2.22. The lowest BCUT2D eigenvalue weighted by Crippen LogP contribution is -2.17. The molecule has 0 fully saturated rings. The summed E-state index contributed by atoms with van der Waals surface area (Å²) in [4.78, 5) is 8.32. The average molecular weight is 265 g/mol. The number of hydrogen-bond donors (Lipinski definition) is 1. The van der Waals surface area contributed by atoms with Gasteiger partial charge in [0, 0.05) is 43.8 Å². The molecule has 5 heteroatoms. The monoisotopic (exact) mass is 264 g/mol. The van der Waals surface area contributed by atoms with Crippen molar-refractivity contribution in [2.75, 3.05) is 0 Å². The maximum Gasteiger partial charge on any atom is 0.110 e. The van der Waals surface area contributed by atoms with Gasteiger partial charge < -0.3 is 10.3 Å². The molecule has 2 aromatic heterocycles. The Labute approximate surface area is 112 Å². The van der Waals surface area contributed by atoms with Crippen molar-refractivity contribution < 1.29 is 0 Å². The van der Waals surface area contributed by atoms with E-state index in [0.29, 0.717) is 11.4 Å². The highest BCUT2D eigenvalue weighted by molar-refractivity contribution is 6.31. The zero-order chi connectivity index (χ0) is 13.0. The Kier molecular flexibility index (Phi) is 4.33. The normalized spacial score (nSPS) is 12.6. The van der Waals surface area contributed by atoms with Gasteiger partial charge in [-0.15, -0.1) is 0 Å². The molecule has 0 spiro atoms. The number of aromatic nitrogens is 3. The highest BCUT2D eigenvalue weighted by atomic mass is 35.5. The molecular weight excluding hydrogens is 248 g/mol. The Morgan fingerprint density at radius 1 is 1.44 bits per heavy atom. The van der Waals surface area contributed by atoms with E-state index in [0.717, 1.165) is 24.4 Å². The Balaban J connectivity index is 2.14. The molecule has 1 atom stereocenters. The van der Waals surface area contributed by atoms with Gasteiger partial charge in [-0.05, 0) is 18.1 Å². The second-order valence-electron chi connectivity index (χ2n) is 4.24. The van der Waals surface area contributed by atoms with Gasteiger partial charge in [0.2, 0.25) is 0 Å². The number of rotatable bonds is 5. The largest absolute Gasteiger partial charge is 0.335 e. The van der Waals surface area contributed by atoms with E-state index >= 15 is 0 Å². The molecule has 0 aliphatic heterocycles. The summed E-state index contributed by atoms with van der Waals surface area (Å²) in [7, 11) is 0. The summed E-state index contributed by atoms with van der Waals surface area (Å²) in [5.74, 6) is 0.997. The van der Waals surface area contributed by atoms with Gasteiger partial charge in [-0.3, -0.25) is 4.98 Å². The smallest absolute Gasteiger partial charge is 0.110 e. The van der Waals surface area contributed by atoms with Crippen molar-refractivity contribution in [3.8, 4) is 0 Å². The lowest BCUT2D eigenvalue weighted by Gasteiger charge is -2.14. The Morgan fingerprint density at radius 3 is 3.00 bits per heavy atom. The number of nitrogens with two attached hydrogens (primary N) is 1. The van der Waals surface area contributed by atoms with Gasteiger partial charge in [0.05, 0.1) is 5.02 Å². The third-order valence-electron chi connectivity index (χ3n) is 2.87. The van der Waals surface area contributed by atoms with Crippen LogP contribution in [-0.2, 0) is 13.0 Å². The molecule has 96 valence electrons. The van der Waals surface area contributed by atoms with Gasteiger partial charge in [0.15, 0.2) is 0 Å². The Hall–Kier alpha value is -1.39. The molecule has 0 bridgehead atoms. The van der Waals surface area contributed by atoms with Gasteiger partial charge in [-0.1, -0.05) is 18.5 Å². The molecule has 0 aromatic carbocycles. The molecule has 4 nitrogen and oxygen atoms in total. The van der Waals surface area contributed by atoms with E-state index in [1.165, 1.54) is 0 Å². The minimum atomic E-state index is -0.154. The van der Waals surface area contributed by atoms with Crippen LogP contribution < -0.4 is 5.73 Å². The van der Waals surface area contributed by atoms with Crippen LogP contribution in [0.3, 0.4) is 0 Å². The number of imidazole rings is 1. The van der Waals surface area contributed by atoms with E-state index < -0.39 is 0 Å². The number of halogens is 1. The summed E-state index contributed by atoms with van der Waals surface area (Å²) in [6.07, 6.45) is 8.88. The topological polar surface area (TPSA) is 56.7 Å². The van der Waals surface area contributed by atoms with Crippen molar-refractivity contribution in [2.24, 2.45) is 5.73 Å². The maximum absolute atomic E-state index is 6.19. The van der Waals surface area contributed by atoms with Crippen LogP contribution in [0.1, 0.15) is 30.8 Å². The number of aryl methyl sites for hydroxylation is 1. The number of hydrogen-bond acceptors (Lipinski definition) is 3. The van der Waals surface area contributed by atoms with E-state index in [1.54, 1.807) is 12.4 Å². The summed E-state index contributed by atoms with van der Waals surface area (Å²) in [5, 5.41) is 0.610. The molecule has 0 saturated heterocycles. The fraction of sp³-hybridized carbons (Fsp3) is 0.385. The maximum atomic E-state index is 6.19. The zero-order valence-corrected chi connectivity index (χ0v) is 11.1. The van der Waals surface area contributed by atoms with Crippen LogP contribution in [0.4, 0.5) is 0 Å². The summed E-state index contributed by atoms with van der Waals surface area (Å²) >= 11 is 6.09. The van der Waals surface area contributed by atoms with Crippen LogP contribution in [0.25, 0.3) is 0 Å². The standard InChI is InChI=1S/C13H17ClN4/c1-2-6-18-7-5-17-13(18)8-12(15)10-3-4-16-9-11(10)14/h3-5,7,9,12H,2,6,8,15H2,1H3. The number of nitrogens with zero attached hydrogens (tertiary/aromatic N) is 3. The molecular formula is C13H17ClN4. The molecule has 2 aromatic rings. The van der Waals surface area contributed by atoms with E-state index in [-0.39, 0.29) is 6.04 Å². The van der Waals surface area contributed by atoms with Crippen LogP contribution in [0, 0.1) is 0 Å². The van der Waals surface area contributed by atoms with E-state index in [4.69, 9.17) is 17.3 Å². The lowest BCUT2D eigenvalue weighted by molar-refractivity contribution is 0.598. The fourth-order valence-electron chi connectivity index (χ4n) is 1.97. The first-order valence-electron chi connectivity index (χ1n) is 6.07. The quantitative estimate of drug-likeness (QED) is 0.903. The summed E-state index contributed by atoms with van der Waals surface area (Å²) in [6.45, 7) is 3.11. The van der Waals surface area contributed by atoms with Crippen LogP contribution in [0.2, 0.25) is 5.02 Å². The third kappa shape index (κ3) is 2.89. The van der Waals surface area contributed by atoms with E-state index in [9.17, 15) is 0 Å². The van der Waals surface area contributed by atoms with Gasteiger partial charge in [-0.25, -0.2) is 4.98 Å². The van der Waals surface area contributed by atoms with Crippen molar-refractivity contribution in [1.29, 1.82) is 0 Å². The van der Waals surface area contributed by atoms with Gasteiger partial charge >= 0.3 is 0 Å². The Bertz CT molecular complexity index is 509. The second kappa shape index (κ2) is 5.98. The molecule has 2 N–H and O–H groups in total. The third-order valence-corrected chi connectivity index (χ3v) is 3.19. The van der Waals surface area contributed by atoms with Crippen molar-refractivity contribution in [2.45, 2.75) is 32.4 Å². The predicted molar refractivity (Wildman–Crippen MR) is 72.4 cm³/mol. The molecule has 0 saturated carbocycles. The molecule has 2 heterocycles.